The maximum Gasteiger partial charge on any atom is 0.316 e. The lowest BCUT2D eigenvalue weighted by Crippen LogP contribution is -2.09. The van der Waals surface area contributed by atoms with Gasteiger partial charge in [0, 0.05) is 13.0 Å². The predicted octanol–water partition coefficient (Wildman–Crippen LogP) is 2.54. The molecule has 0 N–H and O–H groups in total. The van der Waals surface area contributed by atoms with Crippen molar-refractivity contribution in [2.75, 3.05) is 12.4 Å². The summed E-state index contributed by atoms with van der Waals surface area (Å²) in [7, 11) is 0. The van der Waals surface area contributed by atoms with E-state index >= 15 is 0 Å². The minimum Gasteiger partial charge on any atom is -0.465 e. The zero-order chi connectivity index (χ0) is 15.1. The maximum absolute atomic E-state index is 11.4. The second kappa shape index (κ2) is 7.83. The van der Waals surface area contributed by atoms with Gasteiger partial charge in [-0.15, -0.1) is 10.2 Å². The van der Waals surface area contributed by atoms with Crippen molar-refractivity contribution in [3.8, 4) is 0 Å². The van der Waals surface area contributed by atoms with Gasteiger partial charge in [0.1, 0.15) is 5.82 Å². The van der Waals surface area contributed by atoms with E-state index in [4.69, 9.17) is 4.74 Å². The number of hydrogen-bond acceptors (Lipinski definition) is 5. The number of thioether (sulfide) groups is 1. The first-order valence-corrected chi connectivity index (χ1v) is 7.97. The van der Waals surface area contributed by atoms with Crippen LogP contribution in [0, 0.1) is 0 Å². The molecule has 0 amide bonds. The summed E-state index contributed by atoms with van der Waals surface area (Å²) in [5.41, 5.74) is 1.20. The first kappa shape index (κ1) is 15.6. The number of rotatable bonds is 7. The highest BCUT2D eigenvalue weighted by molar-refractivity contribution is 7.99. The number of hydrogen-bond donors (Lipinski definition) is 0. The fraction of sp³-hybridized carbons (Fsp3) is 0.400. The van der Waals surface area contributed by atoms with Crippen LogP contribution < -0.4 is 0 Å². The highest BCUT2D eigenvalue weighted by atomic mass is 32.2. The van der Waals surface area contributed by atoms with Crippen LogP contribution in [0.15, 0.2) is 35.5 Å². The molecule has 112 valence electrons. The van der Waals surface area contributed by atoms with Gasteiger partial charge < -0.3 is 9.30 Å². The van der Waals surface area contributed by atoms with Crippen molar-refractivity contribution >= 4 is 17.7 Å². The molecule has 1 aromatic heterocycles. The van der Waals surface area contributed by atoms with Gasteiger partial charge in [-0.2, -0.15) is 0 Å². The highest BCUT2D eigenvalue weighted by Crippen LogP contribution is 2.18. The van der Waals surface area contributed by atoms with E-state index in [0.29, 0.717) is 6.61 Å². The van der Waals surface area contributed by atoms with Crippen LogP contribution in [0.1, 0.15) is 25.2 Å². The Morgan fingerprint density at radius 2 is 2.00 bits per heavy atom. The van der Waals surface area contributed by atoms with Crippen LogP contribution in [0.25, 0.3) is 0 Å². The van der Waals surface area contributed by atoms with E-state index in [-0.39, 0.29) is 11.7 Å². The Bertz CT molecular complexity index is 584. The minimum absolute atomic E-state index is 0.224. The number of esters is 1. The Kier molecular flexibility index (Phi) is 5.80. The molecule has 0 spiro atoms. The molecule has 2 aromatic rings. The number of aromatic nitrogens is 3. The number of benzene rings is 1. The normalized spacial score (nSPS) is 10.6. The molecule has 6 heteroatoms. The van der Waals surface area contributed by atoms with E-state index in [1.807, 2.05) is 29.7 Å². The highest BCUT2D eigenvalue weighted by Gasteiger charge is 2.13. The van der Waals surface area contributed by atoms with Gasteiger partial charge >= 0.3 is 5.97 Å². The molecule has 5 nitrogen and oxygen atoms in total. The van der Waals surface area contributed by atoms with Crippen molar-refractivity contribution < 1.29 is 9.53 Å². The average Bonchev–Trinajstić information content (AvgIpc) is 2.88. The molecule has 0 atom stereocenters. The van der Waals surface area contributed by atoms with Crippen molar-refractivity contribution in [1.29, 1.82) is 0 Å². The van der Waals surface area contributed by atoms with Crippen molar-refractivity contribution in [1.82, 2.24) is 14.8 Å². The van der Waals surface area contributed by atoms with E-state index < -0.39 is 0 Å². The quantitative estimate of drug-likeness (QED) is 0.581. The Balaban J connectivity index is 2.05. The van der Waals surface area contributed by atoms with E-state index in [2.05, 4.69) is 22.3 Å². The topological polar surface area (TPSA) is 57.0 Å². The third kappa shape index (κ3) is 4.32. The summed E-state index contributed by atoms with van der Waals surface area (Å²) in [4.78, 5) is 11.4. The molecular formula is C15H19N3O2S. The van der Waals surface area contributed by atoms with Crippen molar-refractivity contribution in [3.63, 3.8) is 0 Å². The molecule has 1 heterocycles. The third-order valence-electron chi connectivity index (χ3n) is 2.94. The number of ether oxygens (including phenoxy) is 1. The minimum atomic E-state index is -0.224. The standard InChI is InChI=1S/C15H19N3O2S/c1-3-18-13(10-12-8-6-5-7-9-12)16-17-15(18)21-11-14(19)20-4-2/h5-9H,3-4,10-11H2,1-2H3. The third-order valence-corrected chi connectivity index (χ3v) is 3.88. The van der Waals surface area contributed by atoms with Gasteiger partial charge in [-0.25, -0.2) is 0 Å². The molecule has 0 aliphatic carbocycles. The molecule has 2 rings (SSSR count). The molecule has 21 heavy (non-hydrogen) atoms. The SMILES string of the molecule is CCOC(=O)CSc1nnc(Cc2ccccc2)n1CC. The molecule has 1 aromatic carbocycles. The van der Waals surface area contributed by atoms with E-state index in [1.165, 1.54) is 17.3 Å². The van der Waals surface area contributed by atoms with Crippen LogP contribution in [-0.2, 0) is 22.5 Å². The van der Waals surface area contributed by atoms with Gasteiger partial charge in [-0.3, -0.25) is 4.79 Å². The van der Waals surface area contributed by atoms with Crippen molar-refractivity contribution in [3.05, 3.63) is 41.7 Å². The molecule has 0 saturated carbocycles. The van der Waals surface area contributed by atoms with Crippen LogP contribution in [0.5, 0.6) is 0 Å². The Morgan fingerprint density at radius 3 is 2.67 bits per heavy atom. The van der Waals surface area contributed by atoms with Crippen LogP contribution in [0.4, 0.5) is 0 Å². The van der Waals surface area contributed by atoms with E-state index in [9.17, 15) is 4.79 Å². The molecule has 0 radical (unpaired) electrons. The molecule has 0 aliphatic rings. The lowest BCUT2D eigenvalue weighted by Gasteiger charge is -2.07. The van der Waals surface area contributed by atoms with Gasteiger partial charge in [0.25, 0.3) is 0 Å². The molecule has 0 unspecified atom stereocenters. The van der Waals surface area contributed by atoms with Gasteiger partial charge in [0.05, 0.1) is 12.4 Å². The van der Waals surface area contributed by atoms with Crippen LogP contribution in [0.2, 0.25) is 0 Å². The van der Waals surface area contributed by atoms with E-state index in [0.717, 1.165) is 23.9 Å². The molecule has 0 saturated heterocycles. The van der Waals surface area contributed by atoms with Crippen LogP contribution >= 0.6 is 11.8 Å². The molecule has 0 aliphatic heterocycles. The predicted molar refractivity (Wildman–Crippen MR) is 82.3 cm³/mol. The van der Waals surface area contributed by atoms with E-state index in [1.54, 1.807) is 6.92 Å². The number of carbonyl (C=O) groups is 1. The Labute approximate surface area is 128 Å². The first-order valence-electron chi connectivity index (χ1n) is 6.99. The Morgan fingerprint density at radius 1 is 1.24 bits per heavy atom. The summed E-state index contributed by atoms with van der Waals surface area (Å²) in [6.45, 7) is 5.03. The maximum atomic E-state index is 11.4. The van der Waals surface area contributed by atoms with Crippen molar-refractivity contribution in [2.24, 2.45) is 0 Å². The summed E-state index contributed by atoms with van der Waals surface area (Å²) in [5, 5.41) is 9.19. The monoisotopic (exact) mass is 305 g/mol. The summed E-state index contributed by atoms with van der Waals surface area (Å²) in [6, 6.07) is 10.2. The van der Waals surface area contributed by atoms with Crippen LogP contribution in [-0.4, -0.2) is 33.1 Å². The number of carbonyl (C=O) groups excluding carboxylic acids is 1. The Hall–Kier alpha value is -1.82. The van der Waals surface area contributed by atoms with Crippen molar-refractivity contribution in [2.45, 2.75) is 32.0 Å². The zero-order valence-electron chi connectivity index (χ0n) is 12.3. The number of nitrogens with zero attached hydrogens (tertiary/aromatic N) is 3. The largest absolute Gasteiger partial charge is 0.465 e. The zero-order valence-corrected chi connectivity index (χ0v) is 13.1. The summed E-state index contributed by atoms with van der Waals surface area (Å²) >= 11 is 1.37. The second-order valence-corrected chi connectivity index (χ2v) is 5.34. The molecule has 0 bridgehead atoms. The van der Waals surface area contributed by atoms with Gasteiger partial charge in [-0.05, 0) is 19.4 Å². The van der Waals surface area contributed by atoms with Gasteiger partial charge in [0.2, 0.25) is 0 Å². The molecule has 0 fully saturated rings. The van der Waals surface area contributed by atoms with Gasteiger partial charge in [0.15, 0.2) is 5.16 Å². The first-order chi connectivity index (χ1) is 10.2. The molecular weight excluding hydrogens is 286 g/mol. The smallest absolute Gasteiger partial charge is 0.316 e. The fourth-order valence-electron chi connectivity index (χ4n) is 1.98. The summed E-state index contributed by atoms with van der Waals surface area (Å²) in [5.74, 6) is 0.949. The lowest BCUT2D eigenvalue weighted by atomic mass is 10.1. The second-order valence-electron chi connectivity index (χ2n) is 4.40. The fourth-order valence-corrected chi connectivity index (χ4v) is 2.80. The summed E-state index contributed by atoms with van der Waals surface area (Å²) in [6.07, 6.45) is 0.738. The van der Waals surface area contributed by atoms with Crippen LogP contribution in [0.3, 0.4) is 0 Å². The lowest BCUT2D eigenvalue weighted by molar-refractivity contribution is -0.139. The summed E-state index contributed by atoms with van der Waals surface area (Å²) < 4.78 is 6.96. The average molecular weight is 305 g/mol. The van der Waals surface area contributed by atoms with Gasteiger partial charge in [-0.1, -0.05) is 42.1 Å².